The quantitative estimate of drug-likeness (QED) is 0.896. The third kappa shape index (κ3) is 2.58. The van der Waals surface area contributed by atoms with Crippen LogP contribution < -0.4 is 0 Å². The fourth-order valence-electron chi connectivity index (χ4n) is 5.50. The number of ether oxygens (including phenoxy) is 1. The molecule has 2 atom stereocenters. The van der Waals surface area contributed by atoms with Gasteiger partial charge in [0.15, 0.2) is 0 Å². The van der Waals surface area contributed by atoms with Crippen LogP contribution in [0, 0.1) is 11.3 Å². The number of amides is 1. The molecule has 1 amide bonds. The van der Waals surface area contributed by atoms with Gasteiger partial charge >= 0.3 is 6.09 Å². The zero-order valence-electron chi connectivity index (χ0n) is 15.4. The fourth-order valence-corrected chi connectivity index (χ4v) is 5.50. The Hall–Kier alpha value is -2.33. The molecule has 4 heteroatoms. The number of carbonyl (C=O) groups is 1. The van der Waals surface area contributed by atoms with Crippen LogP contribution in [0.25, 0.3) is 11.1 Å². The van der Waals surface area contributed by atoms with E-state index in [2.05, 4.69) is 36.4 Å². The van der Waals surface area contributed by atoms with Crippen molar-refractivity contribution in [3.63, 3.8) is 0 Å². The molecule has 140 valence electrons. The molecule has 4 nitrogen and oxygen atoms in total. The molecule has 0 spiro atoms. The van der Waals surface area contributed by atoms with E-state index in [0.29, 0.717) is 19.1 Å². The largest absolute Gasteiger partial charge is 0.448 e. The van der Waals surface area contributed by atoms with Crippen molar-refractivity contribution in [1.82, 2.24) is 4.90 Å². The van der Waals surface area contributed by atoms with E-state index in [9.17, 15) is 9.90 Å². The lowest BCUT2D eigenvalue weighted by Gasteiger charge is -2.25. The Kier molecular flexibility index (Phi) is 3.97. The first-order valence-electron chi connectivity index (χ1n) is 9.93. The van der Waals surface area contributed by atoms with Crippen molar-refractivity contribution in [3.05, 3.63) is 59.7 Å². The molecule has 2 aromatic rings. The van der Waals surface area contributed by atoms with Gasteiger partial charge in [0.25, 0.3) is 0 Å². The summed E-state index contributed by atoms with van der Waals surface area (Å²) in [4.78, 5) is 14.5. The Labute approximate surface area is 159 Å². The highest BCUT2D eigenvalue weighted by Crippen LogP contribution is 2.49. The lowest BCUT2D eigenvalue weighted by molar-refractivity contribution is 0.0900. The number of hydrogen-bond donors (Lipinski definition) is 1. The van der Waals surface area contributed by atoms with Crippen molar-refractivity contribution in [2.45, 2.75) is 25.2 Å². The number of likely N-dealkylation sites (tertiary alicyclic amines) is 1. The van der Waals surface area contributed by atoms with Gasteiger partial charge in [-0.15, -0.1) is 0 Å². The summed E-state index contributed by atoms with van der Waals surface area (Å²) in [5.74, 6) is 0.512. The van der Waals surface area contributed by atoms with Crippen molar-refractivity contribution in [2.24, 2.45) is 11.3 Å². The summed E-state index contributed by atoms with van der Waals surface area (Å²) in [6, 6.07) is 16.8. The number of rotatable bonds is 3. The van der Waals surface area contributed by atoms with Crippen LogP contribution in [0.4, 0.5) is 4.79 Å². The molecule has 0 aromatic heterocycles. The van der Waals surface area contributed by atoms with Crippen LogP contribution in [-0.4, -0.2) is 42.4 Å². The van der Waals surface area contributed by atoms with Crippen LogP contribution in [-0.2, 0) is 4.74 Å². The minimum Gasteiger partial charge on any atom is -0.448 e. The van der Waals surface area contributed by atoms with Crippen molar-refractivity contribution >= 4 is 6.09 Å². The zero-order chi connectivity index (χ0) is 18.4. The monoisotopic (exact) mass is 363 g/mol. The van der Waals surface area contributed by atoms with Gasteiger partial charge in [0.2, 0.25) is 0 Å². The second-order valence-electron chi connectivity index (χ2n) is 8.29. The minimum atomic E-state index is -0.237. The fraction of sp³-hybridized carbons (Fsp3) is 0.435. The van der Waals surface area contributed by atoms with Crippen LogP contribution in [0.5, 0.6) is 0 Å². The molecule has 1 saturated carbocycles. The summed E-state index contributed by atoms with van der Waals surface area (Å²) in [6.07, 6.45) is 3.04. The standard InChI is InChI=1S/C23H25NO3/c25-15-23-11-5-6-16(23)12-24(14-23)22(26)27-13-21-19-9-3-1-7-17(19)18-8-2-4-10-20(18)21/h1-4,7-10,16,21,25H,5-6,11-15H2/t16-,23+/m0/s1. The van der Waals surface area contributed by atoms with Crippen LogP contribution >= 0.6 is 0 Å². The van der Waals surface area contributed by atoms with Gasteiger partial charge in [0, 0.05) is 24.4 Å². The topological polar surface area (TPSA) is 49.8 Å². The smallest absolute Gasteiger partial charge is 0.409 e. The number of aliphatic hydroxyl groups is 1. The number of nitrogens with zero attached hydrogens (tertiary/aromatic N) is 1. The molecule has 1 N–H and O–H groups in total. The Morgan fingerprint density at radius 2 is 1.78 bits per heavy atom. The molecule has 27 heavy (non-hydrogen) atoms. The second kappa shape index (κ2) is 6.38. The number of carbonyl (C=O) groups excluding carboxylic acids is 1. The van der Waals surface area contributed by atoms with Crippen molar-refractivity contribution in [2.75, 3.05) is 26.3 Å². The molecule has 2 aliphatic carbocycles. The summed E-state index contributed by atoms with van der Waals surface area (Å²) < 4.78 is 5.78. The van der Waals surface area contributed by atoms with Crippen LogP contribution in [0.2, 0.25) is 0 Å². The van der Waals surface area contributed by atoms with Gasteiger partial charge in [-0.3, -0.25) is 0 Å². The minimum absolute atomic E-state index is 0.0917. The van der Waals surface area contributed by atoms with E-state index in [-0.39, 0.29) is 24.0 Å². The summed E-state index contributed by atoms with van der Waals surface area (Å²) in [6.45, 7) is 1.88. The van der Waals surface area contributed by atoms with Crippen molar-refractivity contribution in [3.8, 4) is 11.1 Å². The van der Waals surface area contributed by atoms with E-state index in [0.717, 1.165) is 25.8 Å². The Morgan fingerprint density at radius 1 is 1.11 bits per heavy atom. The lowest BCUT2D eigenvalue weighted by Crippen LogP contribution is -2.34. The molecule has 1 heterocycles. The molecule has 0 bridgehead atoms. The Bertz CT molecular complexity index is 834. The lowest BCUT2D eigenvalue weighted by atomic mass is 9.82. The van der Waals surface area contributed by atoms with Crippen LogP contribution in [0.1, 0.15) is 36.3 Å². The van der Waals surface area contributed by atoms with Crippen molar-refractivity contribution < 1.29 is 14.6 Å². The third-order valence-corrected chi connectivity index (χ3v) is 6.95. The second-order valence-corrected chi connectivity index (χ2v) is 8.29. The van der Waals surface area contributed by atoms with E-state index in [4.69, 9.17) is 4.74 Å². The van der Waals surface area contributed by atoms with Crippen LogP contribution in [0.15, 0.2) is 48.5 Å². The number of benzene rings is 2. The Morgan fingerprint density at radius 3 is 2.41 bits per heavy atom. The molecule has 0 radical (unpaired) electrons. The van der Waals surface area contributed by atoms with E-state index >= 15 is 0 Å². The maximum absolute atomic E-state index is 12.7. The van der Waals surface area contributed by atoms with Gasteiger partial charge < -0.3 is 14.7 Å². The van der Waals surface area contributed by atoms with E-state index in [1.54, 1.807) is 0 Å². The average Bonchev–Trinajstić information content (AvgIpc) is 3.35. The molecule has 3 aliphatic rings. The average molecular weight is 363 g/mol. The Balaban J connectivity index is 1.32. The van der Waals surface area contributed by atoms with Gasteiger partial charge in [-0.25, -0.2) is 4.79 Å². The SMILES string of the molecule is O=C(OCC1c2ccccc2-c2ccccc21)N1C[C@@H]2CCC[C@]2(CO)C1. The van der Waals surface area contributed by atoms with Gasteiger partial charge in [-0.1, -0.05) is 55.0 Å². The van der Waals surface area contributed by atoms with Crippen molar-refractivity contribution in [1.29, 1.82) is 0 Å². The van der Waals surface area contributed by atoms with Gasteiger partial charge in [-0.2, -0.15) is 0 Å². The highest BCUT2D eigenvalue weighted by Gasteiger charge is 2.50. The third-order valence-electron chi connectivity index (χ3n) is 6.95. The summed E-state index contributed by atoms with van der Waals surface area (Å²) in [5, 5.41) is 9.87. The van der Waals surface area contributed by atoms with E-state index in [1.165, 1.54) is 22.3 Å². The zero-order valence-corrected chi connectivity index (χ0v) is 15.4. The normalized spacial score (nSPS) is 26.0. The molecule has 5 rings (SSSR count). The number of aliphatic hydroxyl groups excluding tert-OH is 1. The highest BCUT2D eigenvalue weighted by atomic mass is 16.6. The van der Waals surface area contributed by atoms with Gasteiger partial charge in [0.05, 0.1) is 6.61 Å². The summed E-state index contributed by atoms with van der Waals surface area (Å²) >= 11 is 0. The summed E-state index contributed by atoms with van der Waals surface area (Å²) in [7, 11) is 0. The molecule has 0 unspecified atom stereocenters. The predicted molar refractivity (Wildman–Crippen MR) is 104 cm³/mol. The summed E-state index contributed by atoms with van der Waals surface area (Å²) in [5.41, 5.74) is 4.85. The molecular formula is C23H25NO3. The first-order valence-corrected chi connectivity index (χ1v) is 9.93. The predicted octanol–water partition coefficient (Wildman–Crippen LogP) is 4.03. The molecule has 2 fully saturated rings. The maximum atomic E-state index is 12.7. The number of fused-ring (bicyclic) bond motifs is 4. The molecule has 2 aromatic carbocycles. The first-order chi connectivity index (χ1) is 13.2. The molecule has 1 aliphatic heterocycles. The number of hydrogen-bond acceptors (Lipinski definition) is 3. The van der Waals surface area contributed by atoms with E-state index in [1.807, 2.05) is 17.0 Å². The first kappa shape index (κ1) is 16.8. The van der Waals surface area contributed by atoms with Gasteiger partial charge in [0.1, 0.15) is 6.61 Å². The maximum Gasteiger partial charge on any atom is 0.409 e. The highest BCUT2D eigenvalue weighted by molar-refractivity contribution is 5.79. The van der Waals surface area contributed by atoms with Crippen LogP contribution in [0.3, 0.4) is 0 Å². The molecular weight excluding hydrogens is 338 g/mol. The van der Waals surface area contributed by atoms with E-state index < -0.39 is 0 Å². The molecule has 1 saturated heterocycles. The van der Waals surface area contributed by atoms with Gasteiger partial charge in [-0.05, 0) is 41.0 Å².